The standard InChI is InChI=1S/C21H27N5O3/c1-3-11-26-12-9-21(14-22,10-13-26)25-19(27)16(4-2)23-18-15-7-5-6-8-17(15)29-20(28)24-18/h5-8,16H,3-4,9-13H2,1-2H3,(H,25,27)(H,23,24,28). The van der Waals surface area contributed by atoms with Gasteiger partial charge in [0, 0.05) is 13.1 Å². The molecule has 0 aliphatic carbocycles. The first-order valence-electron chi connectivity index (χ1n) is 10.1. The highest BCUT2D eigenvalue weighted by Crippen LogP contribution is 2.23. The molecule has 0 bridgehead atoms. The number of carbonyl (C=O) groups excluding carboxylic acids is 1. The quantitative estimate of drug-likeness (QED) is 0.737. The van der Waals surface area contributed by atoms with Crippen LogP contribution in [0.5, 0.6) is 0 Å². The summed E-state index contributed by atoms with van der Waals surface area (Å²) in [7, 11) is 0. The van der Waals surface area contributed by atoms with Crippen molar-refractivity contribution in [3.8, 4) is 6.07 Å². The fraction of sp³-hybridized carbons (Fsp3) is 0.524. The largest absolute Gasteiger partial charge is 0.441 e. The highest BCUT2D eigenvalue weighted by molar-refractivity contribution is 5.91. The third kappa shape index (κ3) is 4.74. The van der Waals surface area contributed by atoms with Crippen LogP contribution in [0.4, 0.5) is 5.82 Å². The van der Waals surface area contributed by atoms with E-state index >= 15 is 0 Å². The summed E-state index contributed by atoms with van der Waals surface area (Å²) < 4.78 is 5.11. The van der Waals surface area contributed by atoms with E-state index in [1.165, 1.54) is 0 Å². The number of para-hydroxylation sites is 1. The van der Waals surface area contributed by atoms with E-state index in [4.69, 9.17) is 4.42 Å². The zero-order valence-electron chi connectivity index (χ0n) is 16.9. The maximum Gasteiger partial charge on any atom is 0.441 e. The van der Waals surface area contributed by atoms with E-state index < -0.39 is 17.3 Å². The number of nitriles is 1. The second-order valence-electron chi connectivity index (χ2n) is 7.45. The zero-order valence-corrected chi connectivity index (χ0v) is 16.9. The number of amides is 1. The number of benzene rings is 1. The van der Waals surface area contributed by atoms with Crippen LogP contribution < -0.4 is 16.4 Å². The summed E-state index contributed by atoms with van der Waals surface area (Å²) in [5.74, 6) is -0.682. The summed E-state index contributed by atoms with van der Waals surface area (Å²) in [5.41, 5.74) is -0.455. The molecule has 1 fully saturated rings. The molecule has 0 spiro atoms. The average molecular weight is 397 g/mol. The molecule has 2 N–H and O–H groups in total. The minimum Gasteiger partial charge on any atom is -0.408 e. The number of likely N-dealkylation sites (tertiary alicyclic amines) is 1. The number of fused-ring (bicyclic) bond motifs is 1. The van der Waals surface area contributed by atoms with Crippen LogP contribution in [0.25, 0.3) is 11.0 Å². The van der Waals surface area contributed by atoms with Crippen molar-refractivity contribution in [2.75, 3.05) is 25.0 Å². The molecule has 1 aromatic heterocycles. The van der Waals surface area contributed by atoms with Crippen LogP contribution in [-0.2, 0) is 4.79 Å². The van der Waals surface area contributed by atoms with Crippen molar-refractivity contribution in [1.29, 1.82) is 5.26 Å². The third-order valence-corrected chi connectivity index (χ3v) is 5.40. The molecule has 0 saturated carbocycles. The van der Waals surface area contributed by atoms with Crippen LogP contribution in [0, 0.1) is 11.3 Å². The van der Waals surface area contributed by atoms with Crippen LogP contribution in [-0.4, -0.2) is 47.0 Å². The summed E-state index contributed by atoms with van der Waals surface area (Å²) in [5, 5.41) is 16.4. The number of hydrogen-bond donors (Lipinski definition) is 2. The number of carbonyl (C=O) groups is 1. The summed E-state index contributed by atoms with van der Waals surface area (Å²) in [4.78, 5) is 31.0. The van der Waals surface area contributed by atoms with Crippen LogP contribution in [0.2, 0.25) is 0 Å². The van der Waals surface area contributed by atoms with E-state index in [2.05, 4.69) is 33.5 Å². The molecule has 29 heavy (non-hydrogen) atoms. The van der Waals surface area contributed by atoms with Gasteiger partial charge in [-0.05, 0) is 44.4 Å². The lowest BCUT2D eigenvalue weighted by atomic mass is 9.88. The van der Waals surface area contributed by atoms with E-state index in [0.717, 1.165) is 26.1 Å². The first kappa shape index (κ1) is 20.8. The van der Waals surface area contributed by atoms with Crippen LogP contribution in [0.15, 0.2) is 33.5 Å². The van der Waals surface area contributed by atoms with Crippen molar-refractivity contribution in [3.63, 3.8) is 0 Å². The normalized spacial score (nSPS) is 17.4. The Hall–Kier alpha value is -2.92. The molecule has 8 nitrogen and oxygen atoms in total. The third-order valence-electron chi connectivity index (χ3n) is 5.40. The van der Waals surface area contributed by atoms with Gasteiger partial charge in [0.05, 0.1) is 11.5 Å². The Morgan fingerprint density at radius 3 is 2.72 bits per heavy atom. The number of nitrogens with one attached hydrogen (secondary N) is 2. The van der Waals surface area contributed by atoms with Gasteiger partial charge >= 0.3 is 5.76 Å². The lowest BCUT2D eigenvalue weighted by molar-refractivity contribution is -0.123. The molecule has 1 aromatic carbocycles. The van der Waals surface area contributed by atoms with Gasteiger partial charge in [-0.2, -0.15) is 10.2 Å². The number of rotatable bonds is 7. The second kappa shape index (κ2) is 9.05. The maximum absolute atomic E-state index is 13.0. The Bertz CT molecular complexity index is 957. The van der Waals surface area contributed by atoms with Crippen LogP contribution in [0.3, 0.4) is 0 Å². The molecule has 1 aliphatic rings. The first-order chi connectivity index (χ1) is 14.0. The van der Waals surface area contributed by atoms with Gasteiger partial charge < -0.3 is 20.0 Å². The molecule has 1 unspecified atom stereocenters. The Labute approximate surface area is 169 Å². The van der Waals surface area contributed by atoms with Crippen molar-refractivity contribution in [2.45, 2.75) is 51.1 Å². The maximum atomic E-state index is 13.0. The van der Waals surface area contributed by atoms with Gasteiger partial charge in [0.1, 0.15) is 23.0 Å². The lowest BCUT2D eigenvalue weighted by Crippen LogP contribution is -2.57. The molecule has 0 radical (unpaired) electrons. The van der Waals surface area contributed by atoms with Gasteiger partial charge in [-0.3, -0.25) is 4.79 Å². The molecule has 1 atom stereocenters. The predicted molar refractivity (Wildman–Crippen MR) is 110 cm³/mol. The Morgan fingerprint density at radius 2 is 2.07 bits per heavy atom. The molecular formula is C21H27N5O3. The molecule has 154 valence electrons. The number of hydrogen-bond acceptors (Lipinski definition) is 7. The molecule has 1 aliphatic heterocycles. The monoisotopic (exact) mass is 397 g/mol. The fourth-order valence-electron chi connectivity index (χ4n) is 3.71. The minimum atomic E-state index is -0.859. The van der Waals surface area contributed by atoms with Crippen molar-refractivity contribution in [1.82, 2.24) is 15.2 Å². The molecular weight excluding hydrogens is 370 g/mol. The lowest BCUT2D eigenvalue weighted by Gasteiger charge is -2.38. The smallest absolute Gasteiger partial charge is 0.408 e. The molecule has 2 aromatic rings. The van der Waals surface area contributed by atoms with Gasteiger partial charge in [-0.15, -0.1) is 0 Å². The van der Waals surface area contributed by atoms with Gasteiger partial charge in [-0.25, -0.2) is 4.79 Å². The topological polar surface area (TPSA) is 111 Å². The number of aromatic nitrogens is 1. The molecule has 3 rings (SSSR count). The number of anilines is 1. The van der Waals surface area contributed by atoms with E-state index in [0.29, 0.717) is 36.0 Å². The molecule has 2 heterocycles. The summed E-state index contributed by atoms with van der Waals surface area (Å²) in [6.45, 7) is 6.58. The molecule has 1 saturated heterocycles. The number of nitrogens with zero attached hydrogens (tertiary/aromatic N) is 3. The van der Waals surface area contributed by atoms with Crippen molar-refractivity contribution in [3.05, 3.63) is 34.8 Å². The highest BCUT2D eigenvalue weighted by atomic mass is 16.4. The predicted octanol–water partition coefficient (Wildman–Crippen LogP) is 2.26. The van der Waals surface area contributed by atoms with Crippen molar-refractivity contribution < 1.29 is 9.21 Å². The Morgan fingerprint density at radius 1 is 1.34 bits per heavy atom. The van der Waals surface area contributed by atoms with Crippen molar-refractivity contribution >= 4 is 22.7 Å². The van der Waals surface area contributed by atoms with E-state index in [1.54, 1.807) is 18.2 Å². The number of piperidine rings is 1. The summed E-state index contributed by atoms with van der Waals surface area (Å²) >= 11 is 0. The van der Waals surface area contributed by atoms with E-state index in [-0.39, 0.29) is 5.91 Å². The SMILES string of the molecule is CCCN1CCC(C#N)(NC(=O)C(CC)Nc2nc(=O)oc3ccccc23)CC1. The second-order valence-corrected chi connectivity index (χ2v) is 7.45. The van der Waals surface area contributed by atoms with Crippen molar-refractivity contribution in [2.24, 2.45) is 0 Å². The Kier molecular flexibility index (Phi) is 6.49. The molecule has 8 heteroatoms. The van der Waals surface area contributed by atoms with Gasteiger partial charge in [0.2, 0.25) is 5.91 Å². The van der Waals surface area contributed by atoms with Gasteiger partial charge in [0.25, 0.3) is 0 Å². The minimum absolute atomic E-state index is 0.267. The van der Waals surface area contributed by atoms with E-state index in [9.17, 15) is 14.9 Å². The highest BCUT2D eigenvalue weighted by Gasteiger charge is 2.37. The van der Waals surface area contributed by atoms with Crippen LogP contribution >= 0.6 is 0 Å². The van der Waals surface area contributed by atoms with Crippen LogP contribution in [0.1, 0.15) is 39.5 Å². The first-order valence-corrected chi connectivity index (χ1v) is 10.1. The zero-order chi connectivity index (χ0) is 20.9. The van der Waals surface area contributed by atoms with Gasteiger partial charge in [-0.1, -0.05) is 26.0 Å². The van der Waals surface area contributed by atoms with E-state index in [1.807, 2.05) is 13.0 Å². The Balaban J connectivity index is 1.75. The van der Waals surface area contributed by atoms with Gasteiger partial charge in [0.15, 0.2) is 0 Å². The molecule has 1 amide bonds. The summed E-state index contributed by atoms with van der Waals surface area (Å²) in [6, 6.07) is 8.74. The average Bonchev–Trinajstić information content (AvgIpc) is 2.73. The summed E-state index contributed by atoms with van der Waals surface area (Å²) in [6.07, 6.45) is 2.74. The fourth-order valence-corrected chi connectivity index (χ4v) is 3.71.